The normalized spacial score (nSPS) is 13.0. The summed E-state index contributed by atoms with van der Waals surface area (Å²) in [5.41, 5.74) is 0.969. The molecule has 0 aliphatic rings. The lowest BCUT2D eigenvalue weighted by molar-refractivity contribution is 0.360. The van der Waals surface area contributed by atoms with Crippen LogP contribution in [0.4, 0.5) is 0 Å². The summed E-state index contributed by atoms with van der Waals surface area (Å²) in [6, 6.07) is 6.25. The van der Waals surface area contributed by atoms with Gasteiger partial charge in [0.1, 0.15) is 0 Å². The molecule has 1 aromatic rings. The van der Waals surface area contributed by atoms with E-state index >= 15 is 0 Å². The first kappa shape index (κ1) is 18.1. The molecule has 1 N–H and O–H groups in total. The maximum atomic E-state index is 12.1. The molecule has 120 valence electrons. The van der Waals surface area contributed by atoms with Crippen molar-refractivity contribution in [3.8, 4) is 0 Å². The van der Waals surface area contributed by atoms with Crippen LogP contribution in [0.1, 0.15) is 19.4 Å². The zero-order chi connectivity index (χ0) is 16.3. The van der Waals surface area contributed by atoms with Crippen molar-refractivity contribution in [2.45, 2.75) is 31.7 Å². The number of nitrogens with one attached hydrogen (secondary N) is 1. The van der Waals surface area contributed by atoms with Gasteiger partial charge in [-0.05, 0) is 32.9 Å². The summed E-state index contributed by atoms with van der Waals surface area (Å²) < 4.78 is 51.0. The van der Waals surface area contributed by atoms with E-state index in [2.05, 4.69) is 4.72 Å². The van der Waals surface area contributed by atoms with Gasteiger partial charge in [-0.2, -0.15) is 4.31 Å². The Morgan fingerprint density at radius 2 is 1.62 bits per heavy atom. The fourth-order valence-electron chi connectivity index (χ4n) is 1.90. The molecule has 1 aromatic carbocycles. The smallest absolute Gasteiger partial charge is 0.212 e. The van der Waals surface area contributed by atoms with Crippen molar-refractivity contribution >= 4 is 20.0 Å². The molecule has 1 rings (SSSR count). The van der Waals surface area contributed by atoms with Crippen LogP contribution in [0, 0.1) is 6.92 Å². The molecule has 0 bridgehead atoms. The molecule has 0 fully saturated rings. The molecule has 0 atom stereocenters. The minimum atomic E-state index is -3.62. The number of hydrogen-bond donors (Lipinski definition) is 1. The summed E-state index contributed by atoms with van der Waals surface area (Å²) in [5, 5.41) is 0. The standard InChI is InChI=1S/C13H22N2O4S2/c1-11(2)15(20(4,16)17)10-9-14-21(18,19)13-7-5-12(3)6-8-13/h5-8,11,14H,9-10H2,1-4H3. The van der Waals surface area contributed by atoms with Crippen molar-refractivity contribution in [3.63, 3.8) is 0 Å². The van der Waals surface area contributed by atoms with Gasteiger partial charge in [0.15, 0.2) is 0 Å². The van der Waals surface area contributed by atoms with Crippen LogP contribution in [-0.4, -0.2) is 46.5 Å². The maximum absolute atomic E-state index is 12.1. The van der Waals surface area contributed by atoms with Crippen LogP contribution in [0.5, 0.6) is 0 Å². The van der Waals surface area contributed by atoms with Gasteiger partial charge in [0, 0.05) is 19.1 Å². The molecule has 0 saturated heterocycles. The van der Waals surface area contributed by atoms with Crippen LogP contribution in [-0.2, 0) is 20.0 Å². The van der Waals surface area contributed by atoms with Gasteiger partial charge in [0.25, 0.3) is 0 Å². The van der Waals surface area contributed by atoms with Crippen LogP contribution in [0.2, 0.25) is 0 Å². The molecule has 0 saturated carbocycles. The third-order valence-corrected chi connectivity index (χ3v) is 5.89. The minimum Gasteiger partial charge on any atom is -0.212 e. The van der Waals surface area contributed by atoms with Crippen LogP contribution in [0.25, 0.3) is 0 Å². The summed E-state index contributed by atoms with van der Waals surface area (Å²) >= 11 is 0. The van der Waals surface area contributed by atoms with Crippen LogP contribution in [0.15, 0.2) is 29.2 Å². The first-order valence-electron chi connectivity index (χ1n) is 6.57. The average Bonchev–Trinajstić information content (AvgIpc) is 2.33. The summed E-state index contributed by atoms with van der Waals surface area (Å²) in [4.78, 5) is 0.170. The van der Waals surface area contributed by atoms with Crippen molar-refractivity contribution in [1.82, 2.24) is 9.03 Å². The number of aryl methyl sites for hydroxylation is 1. The van der Waals surface area contributed by atoms with Crippen molar-refractivity contribution in [2.24, 2.45) is 0 Å². The molecule has 0 aliphatic carbocycles. The van der Waals surface area contributed by atoms with Crippen LogP contribution in [0.3, 0.4) is 0 Å². The summed E-state index contributed by atoms with van der Waals surface area (Å²) in [6.07, 6.45) is 1.11. The van der Waals surface area contributed by atoms with E-state index in [1.165, 1.54) is 16.4 Å². The summed E-state index contributed by atoms with van der Waals surface area (Å²) in [5.74, 6) is 0. The highest BCUT2D eigenvalue weighted by molar-refractivity contribution is 7.89. The predicted molar refractivity (Wildman–Crippen MR) is 83.1 cm³/mol. The van der Waals surface area contributed by atoms with Crippen LogP contribution >= 0.6 is 0 Å². The van der Waals surface area contributed by atoms with E-state index < -0.39 is 20.0 Å². The molecule has 0 heterocycles. The quantitative estimate of drug-likeness (QED) is 0.804. The SMILES string of the molecule is Cc1ccc(S(=O)(=O)NCCN(C(C)C)S(C)(=O)=O)cc1. The highest BCUT2D eigenvalue weighted by Crippen LogP contribution is 2.10. The highest BCUT2D eigenvalue weighted by atomic mass is 32.2. The lowest BCUT2D eigenvalue weighted by Gasteiger charge is -2.23. The lowest BCUT2D eigenvalue weighted by atomic mass is 10.2. The predicted octanol–water partition coefficient (Wildman–Crippen LogP) is 0.943. The number of hydrogen-bond acceptors (Lipinski definition) is 4. The topological polar surface area (TPSA) is 83.6 Å². The molecule has 0 radical (unpaired) electrons. The zero-order valence-corrected chi connectivity index (χ0v) is 14.3. The van der Waals surface area contributed by atoms with Gasteiger partial charge in [-0.25, -0.2) is 21.6 Å². The first-order valence-corrected chi connectivity index (χ1v) is 9.90. The Morgan fingerprint density at radius 1 is 1.10 bits per heavy atom. The van der Waals surface area contributed by atoms with Crippen molar-refractivity contribution < 1.29 is 16.8 Å². The van der Waals surface area contributed by atoms with Gasteiger partial charge in [0.2, 0.25) is 20.0 Å². The average molecular weight is 334 g/mol. The van der Waals surface area contributed by atoms with E-state index in [-0.39, 0.29) is 24.0 Å². The molecule has 8 heteroatoms. The fourth-order valence-corrected chi connectivity index (χ4v) is 4.11. The van der Waals surface area contributed by atoms with E-state index in [9.17, 15) is 16.8 Å². The Kier molecular flexibility index (Phi) is 5.92. The number of rotatable bonds is 7. The number of benzene rings is 1. The summed E-state index contributed by atoms with van der Waals surface area (Å²) in [7, 11) is -6.97. The highest BCUT2D eigenvalue weighted by Gasteiger charge is 2.21. The monoisotopic (exact) mass is 334 g/mol. The largest absolute Gasteiger partial charge is 0.240 e. The van der Waals surface area contributed by atoms with Gasteiger partial charge >= 0.3 is 0 Å². The molecule has 0 spiro atoms. The Morgan fingerprint density at radius 3 is 2.05 bits per heavy atom. The fraction of sp³-hybridized carbons (Fsp3) is 0.538. The van der Waals surface area contributed by atoms with Crippen molar-refractivity contribution in [1.29, 1.82) is 0 Å². The Balaban J connectivity index is 2.72. The van der Waals surface area contributed by atoms with Crippen LogP contribution < -0.4 is 4.72 Å². The van der Waals surface area contributed by atoms with E-state index in [4.69, 9.17) is 0 Å². The molecule has 0 unspecified atom stereocenters. The molecule has 0 aliphatic heterocycles. The van der Waals surface area contributed by atoms with E-state index in [1.807, 2.05) is 6.92 Å². The molecule has 6 nitrogen and oxygen atoms in total. The van der Waals surface area contributed by atoms with Gasteiger partial charge < -0.3 is 0 Å². The van der Waals surface area contributed by atoms with E-state index in [1.54, 1.807) is 26.0 Å². The van der Waals surface area contributed by atoms with Crippen molar-refractivity contribution in [2.75, 3.05) is 19.3 Å². The Hall–Kier alpha value is -0.960. The summed E-state index contributed by atoms with van der Waals surface area (Å²) in [6.45, 7) is 5.49. The molecular formula is C13H22N2O4S2. The molecule has 21 heavy (non-hydrogen) atoms. The van der Waals surface area contributed by atoms with Crippen molar-refractivity contribution in [3.05, 3.63) is 29.8 Å². The second-order valence-electron chi connectivity index (χ2n) is 5.18. The van der Waals surface area contributed by atoms with E-state index in [0.29, 0.717) is 0 Å². The van der Waals surface area contributed by atoms with Gasteiger partial charge in [-0.3, -0.25) is 0 Å². The lowest BCUT2D eigenvalue weighted by Crippen LogP contribution is -2.41. The van der Waals surface area contributed by atoms with Gasteiger partial charge in [-0.15, -0.1) is 0 Å². The second kappa shape index (κ2) is 6.87. The molecular weight excluding hydrogens is 312 g/mol. The Labute approximate surface area is 127 Å². The third-order valence-electron chi connectivity index (χ3n) is 2.96. The first-order chi connectivity index (χ1) is 9.54. The Bertz CT molecular complexity index is 665. The van der Waals surface area contributed by atoms with E-state index in [0.717, 1.165) is 11.8 Å². The molecule has 0 aromatic heterocycles. The van der Waals surface area contributed by atoms with Gasteiger partial charge in [0.05, 0.1) is 11.2 Å². The maximum Gasteiger partial charge on any atom is 0.240 e. The molecule has 0 amide bonds. The number of nitrogens with zero attached hydrogens (tertiary/aromatic N) is 1. The zero-order valence-electron chi connectivity index (χ0n) is 12.7. The van der Waals surface area contributed by atoms with Gasteiger partial charge in [-0.1, -0.05) is 17.7 Å². The third kappa shape index (κ3) is 5.39. The minimum absolute atomic E-state index is 0.0292. The second-order valence-corrected chi connectivity index (χ2v) is 8.88. The number of sulfonamides is 2.